The number of hydrogen-bond acceptors (Lipinski definition) is 7. The highest BCUT2D eigenvalue weighted by molar-refractivity contribution is 8.14. The molecular weight excluding hydrogens is 544 g/mol. The van der Waals surface area contributed by atoms with Crippen molar-refractivity contribution < 1.29 is 23.9 Å². The van der Waals surface area contributed by atoms with E-state index in [1.54, 1.807) is 37.4 Å². The molecule has 9 heteroatoms. The van der Waals surface area contributed by atoms with Crippen molar-refractivity contribution in [2.24, 2.45) is 5.41 Å². The van der Waals surface area contributed by atoms with E-state index in [1.165, 1.54) is 23.1 Å². The van der Waals surface area contributed by atoms with Gasteiger partial charge in [0.05, 0.1) is 23.5 Å². The lowest BCUT2D eigenvalue weighted by molar-refractivity contribution is -0.136. The van der Waals surface area contributed by atoms with Gasteiger partial charge in [0.1, 0.15) is 11.8 Å². The molecule has 1 saturated carbocycles. The first-order chi connectivity index (χ1) is 19.4. The van der Waals surface area contributed by atoms with E-state index in [0.717, 1.165) is 18.4 Å². The van der Waals surface area contributed by atoms with Crippen LogP contribution in [-0.2, 0) is 20.7 Å². The van der Waals surface area contributed by atoms with E-state index in [2.05, 4.69) is 10.6 Å². The third-order valence-corrected chi connectivity index (χ3v) is 9.41. The van der Waals surface area contributed by atoms with Crippen LogP contribution in [0.5, 0.6) is 5.75 Å². The number of ether oxygens (including phenoxy) is 2. The molecule has 1 aliphatic carbocycles. The minimum absolute atomic E-state index is 0.0350. The number of rotatable bonds is 12. The maximum absolute atomic E-state index is 14.1. The van der Waals surface area contributed by atoms with Crippen LogP contribution in [0.25, 0.3) is 0 Å². The second kappa shape index (κ2) is 14.5. The molecule has 1 aliphatic rings. The topological polar surface area (TPSA) is 93.7 Å². The summed E-state index contributed by atoms with van der Waals surface area (Å²) in [6.45, 7) is 2.60. The Bertz CT molecular complexity index is 1240. The summed E-state index contributed by atoms with van der Waals surface area (Å²) in [5.41, 5.74) is 0.775. The van der Waals surface area contributed by atoms with Gasteiger partial charge >= 0.3 is 0 Å². The molecule has 0 aliphatic heterocycles. The van der Waals surface area contributed by atoms with Gasteiger partial charge in [-0.2, -0.15) is 0 Å². The standard InChI is InChI=1S/C31H36N2O5S2/c1-3-38-25-15-17-31(18-16-25,21-40-29(35)27-10-7-19-39-27)30(36)33-26(20-22-8-5-4-6-9-22)28(34)32-23-11-13-24(37-2)14-12-23/h4-14,19,25-26H,3,15-18,20-21H2,1-2H3,(H,32,34)(H,33,36)/t25-,26-,31+/m0/s1. The van der Waals surface area contributed by atoms with Crippen LogP contribution in [0, 0.1) is 5.41 Å². The molecule has 40 heavy (non-hydrogen) atoms. The van der Waals surface area contributed by atoms with Crippen LogP contribution in [0.4, 0.5) is 5.69 Å². The van der Waals surface area contributed by atoms with Crippen molar-refractivity contribution in [2.75, 3.05) is 24.8 Å². The number of carbonyl (C=O) groups excluding carboxylic acids is 3. The Hall–Kier alpha value is -3.14. The number of amides is 2. The zero-order valence-corrected chi connectivity index (χ0v) is 24.5. The van der Waals surface area contributed by atoms with Gasteiger partial charge in [-0.25, -0.2) is 0 Å². The minimum Gasteiger partial charge on any atom is -0.497 e. The molecule has 1 heterocycles. The predicted molar refractivity (Wildman–Crippen MR) is 161 cm³/mol. The first-order valence-corrected chi connectivity index (χ1v) is 15.4. The smallest absolute Gasteiger partial charge is 0.247 e. The minimum atomic E-state index is -0.795. The number of carbonyl (C=O) groups is 3. The monoisotopic (exact) mass is 580 g/mol. The Labute approximate surface area is 244 Å². The summed E-state index contributed by atoms with van der Waals surface area (Å²) in [6, 6.07) is 19.6. The fraction of sp³-hybridized carbons (Fsp3) is 0.387. The number of nitrogens with one attached hydrogen (secondary N) is 2. The largest absolute Gasteiger partial charge is 0.497 e. The van der Waals surface area contributed by atoms with Crippen LogP contribution in [0.3, 0.4) is 0 Å². The van der Waals surface area contributed by atoms with Crippen LogP contribution in [0.2, 0.25) is 0 Å². The van der Waals surface area contributed by atoms with Crippen LogP contribution in [0.15, 0.2) is 72.1 Å². The van der Waals surface area contributed by atoms with Crippen molar-refractivity contribution in [1.29, 1.82) is 0 Å². The fourth-order valence-corrected chi connectivity index (χ4v) is 6.84. The van der Waals surface area contributed by atoms with Gasteiger partial charge in [0.2, 0.25) is 16.9 Å². The quantitative estimate of drug-likeness (QED) is 0.275. The third-order valence-electron chi connectivity index (χ3n) is 7.24. The summed E-state index contributed by atoms with van der Waals surface area (Å²) < 4.78 is 11.1. The lowest BCUT2D eigenvalue weighted by atomic mass is 9.73. The lowest BCUT2D eigenvalue weighted by Gasteiger charge is -2.39. The van der Waals surface area contributed by atoms with E-state index in [0.29, 0.717) is 47.9 Å². The number of thiophene rings is 1. The van der Waals surface area contributed by atoms with E-state index < -0.39 is 11.5 Å². The SMILES string of the molecule is CCO[C@H]1CC[C@@](CSC(=O)c2cccs2)(C(=O)N[C@@H](Cc2ccccc2)C(=O)Nc2ccc(OC)cc2)CC1. The molecule has 2 amide bonds. The van der Waals surface area contributed by atoms with Gasteiger partial charge < -0.3 is 20.1 Å². The molecule has 1 fully saturated rings. The molecule has 1 aromatic heterocycles. The average Bonchev–Trinajstić information content (AvgIpc) is 3.53. The van der Waals surface area contributed by atoms with Crippen molar-refractivity contribution in [3.05, 3.63) is 82.6 Å². The summed E-state index contributed by atoms with van der Waals surface area (Å²) in [4.78, 5) is 41.1. The molecule has 2 aromatic carbocycles. The van der Waals surface area contributed by atoms with E-state index in [9.17, 15) is 14.4 Å². The maximum atomic E-state index is 14.1. The second-order valence-electron chi connectivity index (χ2n) is 9.92. The first kappa shape index (κ1) is 29.8. The highest BCUT2D eigenvalue weighted by Gasteiger charge is 2.43. The fourth-order valence-electron chi connectivity index (χ4n) is 4.93. The number of methoxy groups -OCH3 is 1. The van der Waals surface area contributed by atoms with E-state index >= 15 is 0 Å². The number of anilines is 1. The maximum Gasteiger partial charge on any atom is 0.247 e. The van der Waals surface area contributed by atoms with Crippen molar-refractivity contribution in [1.82, 2.24) is 5.32 Å². The molecule has 2 N–H and O–H groups in total. The van der Waals surface area contributed by atoms with Crippen LogP contribution < -0.4 is 15.4 Å². The Kier molecular flexibility index (Phi) is 10.8. The van der Waals surface area contributed by atoms with Gasteiger partial charge in [0.15, 0.2) is 0 Å². The van der Waals surface area contributed by atoms with Gasteiger partial charge in [-0.3, -0.25) is 14.4 Å². The summed E-state index contributed by atoms with van der Waals surface area (Å²) in [5.74, 6) is 0.543. The van der Waals surface area contributed by atoms with Gasteiger partial charge in [0.25, 0.3) is 0 Å². The van der Waals surface area contributed by atoms with Crippen LogP contribution >= 0.6 is 23.1 Å². The van der Waals surface area contributed by atoms with Crippen molar-refractivity contribution >= 4 is 45.7 Å². The highest BCUT2D eigenvalue weighted by atomic mass is 32.2. The zero-order valence-electron chi connectivity index (χ0n) is 22.9. The predicted octanol–water partition coefficient (Wildman–Crippen LogP) is 5.96. The molecule has 1 atom stereocenters. The molecule has 212 valence electrons. The second-order valence-corrected chi connectivity index (χ2v) is 11.8. The Balaban J connectivity index is 1.53. The Morgan fingerprint density at radius 1 is 1.02 bits per heavy atom. The molecule has 4 rings (SSSR count). The zero-order chi connectivity index (χ0) is 28.4. The molecule has 7 nitrogen and oxygen atoms in total. The molecule has 0 saturated heterocycles. The van der Waals surface area contributed by atoms with Gasteiger partial charge in [0, 0.05) is 24.5 Å². The highest BCUT2D eigenvalue weighted by Crippen LogP contribution is 2.41. The molecular formula is C31H36N2O5S2. The molecule has 0 bridgehead atoms. The molecule has 0 radical (unpaired) electrons. The Morgan fingerprint density at radius 2 is 1.75 bits per heavy atom. The van der Waals surface area contributed by atoms with E-state index in [1.807, 2.05) is 48.7 Å². The lowest BCUT2D eigenvalue weighted by Crippen LogP contribution is -2.53. The number of benzene rings is 2. The van der Waals surface area contributed by atoms with Gasteiger partial charge in [-0.1, -0.05) is 48.2 Å². The molecule has 3 aromatic rings. The number of hydrogen-bond donors (Lipinski definition) is 2. The summed E-state index contributed by atoms with van der Waals surface area (Å²) >= 11 is 2.58. The molecule has 0 unspecified atom stereocenters. The third kappa shape index (κ3) is 7.96. The normalized spacial score (nSPS) is 19.4. The van der Waals surface area contributed by atoms with Crippen LogP contribution in [0.1, 0.15) is 47.8 Å². The summed E-state index contributed by atoms with van der Waals surface area (Å²) in [7, 11) is 1.59. The Morgan fingerprint density at radius 3 is 2.38 bits per heavy atom. The van der Waals surface area contributed by atoms with E-state index in [-0.39, 0.29) is 23.0 Å². The van der Waals surface area contributed by atoms with E-state index in [4.69, 9.17) is 9.47 Å². The van der Waals surface area contributed by atoms with Crippen molar-refractivity contribution in [2.45, 2.75) is 51.2 Å². The first-order valence-electron chi connectivity index (χ1n) is 13.5. The van der Waals surface area contributed by atoms with Crippen LogP contribution in [-0.4, -0.2) is 48.5 Å². The average molecular weight is 581 g/mol. The van der Waals surface area contributed by atoms with Crippen molar-refractivity contribution in [3.63, 3.8) is 0 Å². The summed E-state index contributed by atoms with van der Waals surface area (Å²) in [6.07, 6.45) is 3.08. The van der Waals surface area contributed by atoms with Gasteiger partial charge in [-0.15, -0.1) is 11.3 Å². The van der Waals surface area contributed by atoms with Gasteiger partial charge in [-0.05, 0) is 73.9 Å². The number of thioether (sulfide) groups is 1. The summed E-state index contributed by atoms with van der Waals surface area (Å²) in [5, 5.41) is 7.86. The van der Waals surface area contributed by atoms with Crippen molar-refractivity contribution in [3.8, 4) is 5.75 Å². The molecule has 0 spiro atoms.